The molecule has 3 aromatic rings. The van der Waals surface area contributed by atoms with Crippen molar-refractivity contribution < 1.29 is 9.63 Å². The number of rotatable bonds is 8. The smallest absolute Gasteiger partial charge is 0.363 e. The fourth-order valence-electron chi connectivity index (χ4n) is 5.54. The second kappa shape index (κ2) is 10.8. The van der Waals surface area contributed by atoms with E-state index in [-0.39, 0.29) is 17.4 Å². The van der Waals surface area contributed by atoms with E-state index in [2.05, 4.69) is 63.2 Å². The second-order valence-electron chi connectivity index (χ2n) is 10.9. The number of hydrogen-bond donors (Lipinski definition) is 1. The third kappa shape index (κ3) is 5.43. The van der Waals surface area contributed by atoms with Crippen LogP contribution in [0, 0.1) is 6.92 Å². The van der Waals surface area contributed by atoms with E-state index in [4.69, 9.17) is 4.84 Å². The van der Waals surface area contributed by atoms with Gasteiger partial charge >= 0.3 is 5.97 Å². The average Bonchev–Trinajstić information content (AvgIpc) is 2.87. The van der Waals surface area contributed by atoms with Crippen molar-refractivity contribution in [3.05, 3.63) is 94.5 Å². The minimum absolute atomic E-state index is 0.0599. The molecule has 0 amide bonds. The maximum Gasteiger partial charge on any atom is 0.363 e. The lowest BCUT2D eigenvalue weighted by Crippen LogP contribution is -2.48. The summed E-state index contributed by atoms with van der Waals surface area (Å²) in [4.78, 5) is 21.1. The molecule has 1 aliphatic rings. The molecule has 0 aromatic heterocycles. The SMILES string of the molecule is CCCCN1c2ccc(C(C)c3ccccc3C(=O)ONc3ccc(C)cc3)cc2C(C)CC1(C)C. The predicted molar refractivity (Wildman–Crippen MR) is 150 cm³/mol. The molecule has 1 aliphatic heterocycles. The minimum atomic E-state index is -0.378. The van der Waals surface area contributed by atoms with Crippen molar-refractivity contribution in [2.75, 3.05) is 16.9 Å². The number of benzene rings is 3. The molecule has 0 spiro atoms. The van der Waals surface area contributed by atoms with Crippen molar-refractivity contribution >= 4 is 17.3 Å². The minimum Gasteiger partial charge on any atom is -0.366 e. The van der Waals surface area contributed by atoms with Gasteiger partial charge < -0.3 is 9.74 Å². The summed E-state index contributed by atoms with van der Waals surface area (Å²) in [5, 5.41) is 0. The normalized spacial score (nSPS) is 17.3. The molecule has 4 heteroatoms. The first kappa shape index (κ1) is 25.8. The molecule has 0 fully saturated rings. The van der Waals surface area contributed by atoms with Crippen molar-refractivity contribution in [1.82, 2.24) is 0 Å². The molecule has 2 atom stereocenters. The van der Waals surface area contributed by atoms with Crippen molar-refractivity contribution in [3.8, 4) is 0 Å². The first-order valence-corrected chi connectivity index (χ1v) is 13.3. The summed E-state index contributed by atoms with van der Waals surface area (Å²) in [5.74, 6) is 0.167. The van der Waals surface area contributed by atoms with Crippen LogP contribution in [0.4, 0.5) is 11.4 Å². The van der Waals surface area contributed by atoms with Crippen molar-refractivity contribution in [2.45, 2.75) is 78.2 Å². The van der Waals surface area contributed by atoms with E-state index < -0.39 is 0 Å². The van der Waals surface area contributed by atoms with Crippen LogP contribution in [0.15, 0.2) is 66.7 Å². The van der Waals surface area contributed by atoms with E-state index >= 15 is 0 Å². The highest BCUT2D eigenvalue weighted by atomic mass is 16.7. The zero-order chi connectivity index (χ0) is 25.9. The number of anilines is 2. The highest BCUT2D eigenvalue weighted by Gasteiger charge is 2.36. The van der Waals surface area contributed by atoms with Gasteiger partial charge in [0.15, 0.2) is 0 Å². The largest absolute Gasteiger partial charge is 0.366 e. The average molecular weight is 485 g/mol. The number of aryl methyl sites for hydroxylation is 1. The molecule has 0 bridgehead atoms. The first-order chi connectivity index (χ1) is 17.2. The quantitative estimate of drug-likeness (QED) is 0.327. The Kier molecular flexibility index (Phi) is 7.73. The Morgan fingerprint density at radius 2 is 1.83 bits per heavy atom. The number of carbonyl (C=O) groups is 1. The number of nitrogens with one attached hydrogen (secondary N) is 1. The molecule has 190 valence electrons. The van der Waals surface area contributed by atoms with E-state index in [1.807, 2.05) is 55.5 Å². The van der Waals surface area contributed by atoms with Crippen molar-refractivity contribution in [1.29, 1.82) is 0 Å². The van der Waals surface area contributed by atoms with Gasteiger partial charge in [-0.15, -0.1) is 0 Å². The van der Waals surface area contributed by atoms with Gasteiger partial charge in [-0.1, -0.05) is 75.2 Å². The zero-order valence-corrected chi connectivity index (χ0v) is 22.6. The molecule has 2 unspecified atom stereocenters. The second-order valence-corrected chi connectivity index (χ2v) is 10.9. The zero-order valence-electron chi connectivity index (χ0n) is 22.6. The Hall–Kier alpha value is -3.27. The molecule has 36 heavy (non-hydrogen) atoms. The molecule has 1 heterocycles. The lowest BCUT2D eigenvalue weighted by molar-refractivity contribution is 0.0595. The Labute approximate surface area is 216 Å². The fourth-order valence-corrected chi connectivity index (χ4v) is 5.54. The third-order valence-corrected chi connectivity index (χ3v) is 7.61. The van der Waals surface area contributed by atoms with Crippen LogP contribution in [-0.4, -0.2) is 18.1 Å². The van der Waals surface area contributed by atoms with Gasteiger partial charge in [-0.2, -0.15) is 0 Å². The number of unbranched alkanes of at least 4 members (excludes halogenated alkanes) is 1. The third-order valence-electron chi connectivity index (χ3n) is 7.61. The van der Waals surface area contributed by atoms with Crippen molar-refractivity contribution in [2.24, 2.45) is 0 Å². The number of nitrogens with zero attached hydrogens (tertiary/aromatic N) is 1. The van der Waals surface area contributed by atoms with E-state index in [1.165, 1.54) is 29.7 Å². The van der Waals surface area contributed by atoms with E-state index in [1.54, 1.807) is 0 Å². The fraction of sp³-hybridized carbons (Fsp3) is 0.406. The molecule has 0 saturated carbocycles. The predicted octanol–water partition coefficient (Wildman–Crippen LogP) is 8.22. The van der Waals surface area contributed by atoms with Crippen LogP contribution >= 0.6 is 0 Å². The topological polar surface area (TPSA) is 41.6 Å². The van der Waals surface area contributed by atoms with Gasteiger partial charge in [0.1, 0.15) is 0 Å². The summed E-state index contributed by atoms with van der Waals surface area (Å²) in [6.07, 6.45) is 3.52. The molecule has 4 rings (SSSR count). The van der Waals surface area contributed by atoms with E-state index in [9.17, 15) is 4.79 Å². The van der Waals surface area contributed by atoms with Gasteiger partial charge in [0.2, 0.25) is 0 Å². The Morgan fingerprint density at radius 1 is 1.11 bits per heavy atom. The van der Waals surface area contributed by atoms with Gasteiger partial charge in [0.05, 0.1) is 11.3 Å². The summed E-state index contributed by atoms with van der Waals surface area (Å²) in [7, 11) is 0. The summed E-state index contributed by atoms with van der Waals surface area (Å²) < 4.78 is 0. The summed E-state index contributed by atoms with van der Waals surface area (Å²) in [5.41, 5.74) is 10.4. The van der Waals surface area contributed by atoms with Gasteiger partial charge in [-0.25, -0.2) is 10.3 Å². The van der Waals surface area contributed by atoms with Gasteiger partial charge in [-0.05, 0) is 80.5 Å². The van der Waals surface area contributed by atoms with Gasteiger partial charge in [-0.3, -0.25) is 0 Å². The lowest BCUT2D eigenvalue weighted by atomic mass is 9.78. The maximum atomic E-state index is 13.0. The van der Waals surface area contributed by atoms with Crippen LogP contribution in [0.2, 0.25) is 0 Å². The Morgan fingerprint density at radius 3 is 2.56 bits per heavy atom. The van der Waals surface area contributed by atoms with Crippen LogP contribution in [0.25, 0.3) is 0 Å². The summed E-state index contributed by atoms with van der Waals surface area (Å²) in [6.45, 7) is 14.6. The summed E-state index contributed by atoms with van der Waals surface area (Å²) >= 11 is 0. The molecule has 0 radical (unpaired) electrons. The highest BCUT2D eigenvalue weighted by molar-refractivity contribution is 5.92. The lowest BCUT2D eigenvalue weighted by Gasteiger charge is -2.48. The molecule has 0 aliphatic carbocycles. The van der Waals surface area contributed by atoms with Gasteiger partial charge in [0, 0.05) is 23.7 Å². The Balaban J connectivity index is 1.59. The standard InChI is InChI=1S/C32H40N2O2/c1-7-8-19-34-30-18-15-25(20-29(30)23(3)21-32(34,5)6)24(4)27-11-9-10-12-28(27)31(35)36-33-26-16-13-22(2)14-17-26/h9-18,20,23-24,33H,7-8,19,21H2,1-6H3. The van der Waals surface area contributed by atoms with Crippen LogP contribution < -0.4 is 10.4 Å². The van der Waals surface area contributed by atoms with Crippen LogP contribution in [0.3, 0.4) is 0 Å². The van der Waals surface area contributed by atoms with Crippen LogP contribution in [0.5, 0.6) is 0 Å². The van der Waals surface area contributed by atoms with E-state index in [0.717, 1.165) is 29.8 Å². The number of carbonyl (C=O) groups excluding carboxylic acids is 1. The molecule has 0 saturated heterocycles. The van der Waals surface area contributed by atoms with Crippen LogP contribution in [-0.2, 0) is 4.84 Å². The monoisotopic (exact) mass is 484 g/mol. The van der Waals surface area contributed by atoms with Crippen molar-refractivity contribution in [3.63, 3.8) is 0 Å². The summed E-state index contributed by atoms with van der Waals surface area (Å²) in [6, 6.07) is 22.4. The number of hydrogen-bond acceptors (Lipinski definition) is 4. The Bertz CT molecular complexity index is 1200. The number of fused-ring (bicyclic) bond motifs is 1. The molecule has 3 aromatic carbocycles. The molecule has 4 nitrogen and oxygen atoms in total. The maximum absolute atomic E-state index is 13.0. The van der Waals surface area contributed by atoms with E-state index in [0.29, 0.717) is 11.5 Å². The molecular weight excluding hydrogens is 444 g/mol. The van der Waals surface area contributed by atoms with Crippen LogP contribution in [0.1, 0.15) is 98.3 Å². The molecule has 1 N–H and O–H groups in total. The van der Waals surface area contributed by atoms with Gasteiger partial charge in [0.25, 0.3) is 0 Å². The first-order valence-electron chi connectivity index (χ1n) is 13.3. The highest BCUT2D eigenvalue weighted by Crippen LogP contribution is 2.45. The molecular formula is C32H40N2O2.